The van der Waals surface area contributed by atoms with Crippen LogP contribution in [0.25, 0.3) is 5.76 Å². The van der Waals surface area contributed by atoms with Gasteiger partial charge in [0.2, 0.25) is 0 Å². The zero-order valence-electron chi connectivity index (χ0n) is 16.5. The summed E-state index contributed by atoms with van der Waals surface area (Å²) < 4.78 is 0. The van der Waals surface area contributed by atoms with Crippen LogP contribution in [0.4, 0.5) is 5.69 Å². The average Bonchev–Trinajstić information content (AvgIpc) is 2.65. The molecule has 0 saturated heterocycles. The second-order valence-corrected chi connectivity index (χ2v) is 8.10. The van der Waals surface area contributed by atoms with Gasteiger partial charge < -0.3 is 36.8 Å². The first-order valence-electron chi connectivity index (χ1n) is 9.48. The van der Waals surface area contributed by atoms with Crippen LogP contribution >= 0.6 is 0 Å². The number of rotatable bonds is 2. The van der Waals surface area contributed by atoms with Crippen LogP contribution in [0.1, 0.15) is 17.5 Å². The Morgan fingerprint density at radius 1 is 1.07 bits per heavy atom. The van der Waals surface area contributed by atoms with E-state index in [2.05, 4.69) is 0 Å². The maximum atomic E-state index is 12.5. The third kappa shape index (κ3) is 2.51. The number of amides is 1. The van der Waals surface area contributed by atoms with Gasteiger partial charge in [0.05, 0.1) is 11.6 Å². The van der Waals surface area contributed by atoms with Crippen LogP contribution in [-0.2, 0) is 16.0 Å². The Balaban J connectivity index is 2.00. The van der Waals surface area contributed by atoms with E-state index in [-0.39, 0.29) is 34.6 Å². The Bertz CT molecular complexity index is 1100. The Morgan fingerprint density at radius 3 is 2.33 bits per heavy atom. The molecule has 8 N–H and O–H groups in total. The lowest BCUT2D eigenvalue weighted by Gasteiger charge is -2.41. The van der Waals surface area contributed by atoms with Crippen LogP contribution < -0.4 is 16.4 Å². The minimum Gasteiger partial charge on any atom is -0.507 e. The van der Waals surface area contributed by atoms with Crippen molar-refractivity contribution in [3.05, 3.63) is 51.5 Å². The van der Waals surface area contributed by atoms with E-state index in [0.717, 1.165) is 5.69 Å². The summed E-state index contributed by atoms with van der Waals surface area (Å²) in [5.41, 5.74) is 12.4. The summed E-state index contributed by atoms with van der Waals surface area (Å²) >= 11 is 0. The van der Waals surface area contributed by atoms with Gasteiger partial charge in [0, 0.05) is 36.8 Å². The van der Waals surface area contributed by atoms with Gasteiger partial charge in [-0.2, -0.15) is 0 Å². The Hall–Kier alpha value is -3.46. The summed E-state index contributed by atoms with van der Waals surface area (Å²) in [7, 11) is 3.67. The van der Waals surface area contributed by atoms with Gasteiger partial charge in [-0.25, -0.2) is 0 Å². The average molecular weight is 413 g/mol. The first-order valence-corrected chi connectivity index (χ1v) is 9.48. The van der Waals surface area contributed by atoms with Crippen molar-refractivity contribution in [3.8, 4) is 5.75 Å². The minimum atomic E-state index is -1.16. The number of nitrogens with zero attached hydrogens (tertiary/aromatic N) is 1. The predicted molar refractivity (Wildman–Crippen MR) is 109 cm³/mol. The molecule has 1 aromatic rings. The van der Waals surface area contributed by atoms with E-state index in [1.807, 2.05) is 19.0 Å². The third-order valence-electron chi connectivity index (χ3n) is 6.24. The molecule has 0 aromatic heterocycles. The molecular weight excluding hydrogens is 390 g/mol. The molecule has 0 saturated carbocycles. The largest absolute Gasteiger partial charge is 0.507 e. The van der Waals surface area contributed by atoms with Gasteiger partial charge in [-0.15, -0.1) is 0 Å². The van der Waals surface area contributed by atoms with Crippen LogP contribution in [0.5, 0.6) is 5.75 Å². The molecule has 3 aliphatic rings. The molecule has 0 radical (unpaired) electrons. The van der Waals surface area contributed by atoms with E-state index in [9.17, 15) is 30.0 Å². The third-order valence-corrected chi connectivity index (χ3v) is 6.24. The van der Waals surface area contributed by atoms with Gasteiger partial charge in [-0.05, 0) is 36.5 Å². The zero-order valence-corrected chi connectivity index (χ0v) is 16.5. The number of aromatic hydroxyl groups is 1. The SMILES string of the molecule is CN(C)c1ccc(O)c2c1C[C@H]1C[C@@H]3C(=C(O)C1=C2O)C(O)=C(C(N)=O)C(=O)C3N. The molecule has 0 heterocycles. The Morgan fingerprint density at radius 2 is 1.73 bits per heavy atom. The standard InChI is InChI=1S/C21H23N3O6/c1-24(2)10-3-4-11(25)13-8(10)5-7-6-9-14(18(27)12(7)17(13)26)19(28)15(21(23)30)20(29)16(9)22/h3-4,7,9,16,25-28H,5-6,22H2,1-2H3,(H2,23,30)/t7-,9+,16?/m0/s1. The summed E-state index contributed by atoms with van der Waals surface area (Å²) in [5, 5.41) is 42.9. The number of phenols is 1. The highest BCUT2D eigenvalue weighted by Gasteiger charge is 2.49. The maximum absolute atomic E-state index is 12.5. The van der Waals surface area contributed by atoms with Gasteiger partial charge >= 0.3 is 0 Å². The molecule has 30 heavy (non-hydrogen) atoms. The molecule has 0 fully saturated rings. The van der Waals surface area contributed by atoms with Crippen molar-refractivity contribution in [2.75, 3.05) is 19.0 Å². The lowest BCUT2D eigenvalue weighted by atomic mass is 9.65. The van der Waals surface area contributed by atoms with E-state index in [0.29, 0.717) is 12.0 Å². The molecule has 9 heteroatoms. The summed E-state index contributed by atoms with van der Waals surface area (Å²) in [6, 6.07) is 2.03. The topological polar surface area (TPSA) is 170 Å². The molecule has 0 bridgehead atoms. The van der Waals surface area contributed by atoms with Crippen molar-refractivity contribution in [3.63, 3.8) is 0 Å². The van der Waals surface area contributed by atoms with Crippen LogP contribution in [0, 0.1) is 11.8 Å². The zero-order chi connectivity index (χ0) is 22.1. The number of primary amides is 1. The normalized spacial score (nSPS) is 25.7. The number of anilines is 1. The number of benzene rings is 1. The number of fused-ring (bicyclic) bond motifs is 3. The van der Waals surface area contributed by atoms with Gasteiger partial charge in [0.1, 0.15) is 28.6 Å². The molecule has 1 aromatic carbocycles. The van der Waals surface area contributed by atoms with E-state index < -0.39 is 46.7 Å². The number of hydrogen-bond donors (Lipinski definition) is 6. The van der Waals surface area contributed by atoms with Crippen molar-refractivity contribution in [1.29, 1.82) is 0 Å². The van der Waals surface area contributed by atoms with Crippen molar-refractivity contribution in [1.82, 2.24) is 0 Å². The van der Waals surface area contributed by atoms with Crippen LogP contribution in [0.15, 0.2) is 40.4 Å². The monoisotopic (exact) mass is 413 g/mol. The highest BCUT2D eigenvalue weighted by Crippen LogP contribution is 2.52. The first-order chi connectivity index (χ1) is 14.1. The molecule has 4 rings (SSSR count). The number of nitrogens with two attached hydrogens (primary N) is 2. The second-order valence-electron chi connectivity index (χ2n) is 8.10. The van der Waals surface area contributed by atoms with Gasteiger partial charge in [0.15, 0.2) is 5.78 Å². The highest BCUT2D eigenvalue weighted by atomic mass is 16.3. The van der Waals surface area contributed by atoms with E-state index in [1.165, 1.54) is 6.07 Å². The number of aliphatic hydroxyl groups excluding tert-OH is 3. The predicted octanol–water partition coefficient (Wildman–Crippen LogP) is 0.939. The molecule has 3 aliphatic carbocycles. The lowest BCUT2D eigenvalue weighted by molar-refractivity contribution is -0.123. The van der Waals surface area contributed by atoms with Crippen molar-refractivity contribution >= 4 is 23.1 Å². The number of Topliss-reactive ketones (excluding diaryl/α,β-unsaturated/α-hetero) is 1. The molecule has 9 nitrogen and oxygen atoms in total. The van der Waals surface area contributed by atoms with E-state index in [4.69, 9.17) is 11.5 Å². The van der Waals surface area contributed by atoms with Crippen molar-refractivity contribution in [2.24, 2.45) is 23.3 Å². The van der Waals surface area contributed by atoms with Crippen LogP contribution in [0.2, 0.25) is 0 Å². The van der Waals surface area contributed by atoms with Gasteiger partial charge in [0.25, 0.3) is 5.91 Å². The first kappa shape index (κ1) is 19.8. The number of ketones is 1. The lowest BCUT2D eigenvalue weighted by Crippen LogP contribution is -2.49. The molecule has 0 spiro atoms. The molecule has 3 atom stereocenters. The van der Waals surface area contributed by atoms with Crippen molar-refractivity contribution < 1.29 is 30.0 Å². The van der Waals surface area contributed by atoms with Crippen LogP contribution in [-0.4, -0.2) is 52.3 Å². The number of hydrogen-bond acceptors (Lipinski definition) is 8. The number of aliphatic hydroxyl groups is 3. The summed E-state index contributed by atoms with van der Waals surface area (Å²) in [6.45, 7) is 0. The molecule has 1 unspecified atom stereocenters. The number of phenolic OH excluding ortho intramolecular Hbond substituents is 1. The molecule has 158 valence electrons. The summed E-state index contributed by atoms with van der Waals surface area (Å²) in [5.74, 6) is -4.70. The summed E-state index contributed by atoms with van der Waals surface area (Å²) in [4.78, 5) is 26.0. The number of carbonyl (C=O) groups excluding carboxylic acids is 2. The Kier molecular flexibility index (Phi) is 4.32. The number of carbonyl (C=O) groups is 2. The fraction of sp³-hybridized carbons (Fsp3) is 0.333. The fourth-order valence-corrected chi connectivity index (χ4v) is 4.90. The van der Waals surface area contributed by atoms with E-state index in [1.54, 1.807) is 6.07 Å². The maximum Gasteiger partial charge on any atom is 0.256 e. The molecule has 1 amide bonds. The summed E-state index contributed by atoms with van der Waals surface area (Å²) in [6.07, 6.45) is 0.627. The van der Waals surface area contributed by atoms with E-state index >= 15 is 0 Å². The van der Waals surface area contributed by atoms with Crippen LogP contribution in [0.3, 0.4) is 0 Å². The van der Waals surface area contributed by atoms with Gasteiger partial charge in [-0.1, -0.05) is 0 Å². The fourth-order valence-electron chi connectivity index (χ4n) is 4.90. The smallest absolute Gasteiger partial charge is 0.256 e. The minimum absolute atomic E-state index is 0.0830. The van der Waals surface area contributed by atoms with Gasteiger partial charge in [-0.3, -0.25) is 9.59 Å². The highest BCUT2D eigenvalue weighted by molar-refractivity contribution is 6.22. The molecular formula is C21H23N3O6. The Labute approximate surface area is 172 Å². The quantitative estimate of drug-likeness (QED) is 0.389. The molecule has 0 aliphatic heterocycles. The number of allylic oxidation sites excluding steroid dienone is 2. The second kappa shape index (κ2) is 6.53. The van der Waals surface area contributed by atoms with Crippen molar-refractivity contribution in [2.45, 2.75) is 18.9 Å².